The highest BCUT2D eigenvalue weighted by Gasteiger charge is 2.28. The molecule has 0 aliphatic carbocycles. The molecule has 0 bridgehead atoms. The molecule has 3 heterocycles. The number of hydrogen-bond donors (Lipinski definition) is 1. The zero-order valence-corrected chi connectivity index (χ0v) is 18.6. The average Bonchev–Trinajstić information content (AvgIpc) is 3.47. The van der Waals surface area contributed by atoms with Gasteiger partial charge in [-0.25, -0.2) is 18.1 Å². The molecule has 31 heavy (non-hydrogen) atoms. The van der Waals surface area contributed by atoms with Crippen molar-refractivity contribution in [3.8, 4) is 5.69 Å². The molecule has 0 saturated carbocycles. The van der Waals surface area contributed by atoms with E-state index in [4.69, 9.17) is 4.74 Å². The van der Waals surface area contributed by atoms with Gasteiger partial charge in [0, 0.05) is 18.0 Å². The second kappa shape index (κ2) is 9.27. The molecule has 11 heteroatoms. The third kappa shape index (κ3) is 5.01. The molecule has 1 amide bonds. The van der Waals surface area contributed by atoms with Crippen molar-refractivity contribution in [1.82, 2.24) is 24.4 Å². The maximum absolute atomic E-state index is 12.7. The van der Waals surface area contributed by atoms with Gasteiger partial charge in [-0.3, -0.25) is 4.79 Å². The number of thiophene rings is 1. The minimum absolute atomic E-state index is 0.130. The summed E-state index contributed by atoms with van der Waals surface area (Å²) < 4.78 is 34.0. The van der Waals surface area contributed by atoms with Gasteiger partial charge in [0.1, 0.15) is 16.9 Å². The summed E-state index contributed by atoms with van der Waals surface area (Å²) >= 11 is 1.14. The van der Waals surface area contributed by atoms with Gasteiger partial charge in [0.05, 0.1) is 31.4 Å². The van der Waals surface area contributed by atoms with Crippen LogP contribution in [0.1, 0.15) is 23.4 Å². The third-order valence-electron chi connectivity index (χ3n) is 4.99. The Labute approximate surface area is 184 Å². The number of hydrogen-bond acceptors (Lipinski definition) is 7. The Morgan fingerprint density at radius 3 is 2.61 bits per heavy atom. The smallest absolute Gasteiger partial charge is 0.252 e. The van der Waals surface area contributed by atoms with Gasteiger partial charge in [0.25, 0.3) is 10.0 Å². The standard InChI is InChI=1S/C20H23N5O4S2/c1-15(16-2-4-17(5-3-16)25-14-21-13-22-25)23-19(26)12-18-6-7-20(30-18)31(27,28)24-8-10-29-11-9-24/h2-7,13-15H,8-12H2,1H3,(H,23,26)/t15-/m0/s1. The molecule has 1 N–H and O–H groups in total. The fraction of sp³-hybridized carbons (Fsp3) is 0.350. The first-order chi connectivity index (χ1) is 14.9. The van der Waals surface area contributed by atoms with Gasteiger partial charge in [-0.05, 0) is 36.8 Å². The zero-order chi connectivity index (χ0) is 21.8. The van der Waals surface area contributed by atoms with Crippen LogP contribution in [0.15, 0.2) is 53.3 Å². The number of ether oxygens (including phenoxy) is 1. The van der Waals surface area contributed by atoms with E-state index in [-0.39, 0.29) is 22.6 Å². The van der Waals surface area contributed by atoms with E-state index in [2.05, 4.69) is 15.4 Å². The number of benzene rings is 1. The number of amides is 1. The fourth-order valence-electron chi connectivity index (χ4n) is 3.30. The summed E-state index contributed by atoms with van der Waals surface area (Å²) in [6.07, 6.45) is 3.22. The van der Waals surface area contributed by atoms with Gasteiger partial charge >= 0.3 is 0 Å². The molecule has 0 spiro atoms. The molecule has 1 saturated heterocycles. The predicted octanol–water partition coefficient (Wildman–Crippen LogP) is 1.77. The monoisotopic (exact) mass is 461 g/mol. The van der Waals surface area contributed by atoms with E-state index in [1.165, 1.54) is 10.6 Å². The Balaban J connectivity index is 1.35. The van der Waals surface area contributed by atoms with Gasteiger partial charge in [-0.2, -0.15) is 9.40 Å². The number of nitrogens with one attached hydrogen (secondary N) is 1. The summed E-state index contributed by atoms with van der Waals surface area (Å²) in [5.74, 6) is -0.162. The van der Waals surface area contributed by atoms with Crippen LogP contribution in [0, 0.1) is 0 Å². The molecule has 0 radical (unpaired) electrons. The van der Waals surface area contributed by atoms with Crippen LogP contribution in [0.25, 0.3) is 5.69 Å². The lowest BCUT2D eigenvalue weighted by Crippen LogP contribution is -2.40. The van der Waals surface area contributed by atoms with Crippen molar-refractivity contribution < 1.29 is 17.9 Å². The molecule has 2 aromatic heterocycles. The normalized spacial score (nSPS) is 16.2. The Kier molecular flexibility index (Phi) is 6.46. The van der Waals surface area contributed by atoms with E-state index in [1.54, 1.807) is 23.1 Å². The highest BCUT2D eigenvalue weighted by atomic mass is 32.2. The molecule has 3 aromatic rings. The highest BCUT2D eigenvalue weighted by Crippen LogP contribution is 2.26. The second-order valence-corrected chi connectivity index (χ2v) is 10.5. The summed E-state index contributed by atoms with van der Waals surface area (Å²) in [6.45, 7) is 3.41. The van der Waals surface area contributed by atoms with Crippen LogP contribution in [0.4, 0.5) is 0 Å². The minimum atomic E-state index is -3.54. The molecular formula is C20H23N5O4S2. The quantitative estimate of drug-likeness (QED) is 0.575. The van der Waals surface area contributed by atoms with E-state index < -0.39 is 10.0 Å². The van der Waals surface area contributed by atoms with Crippen molar-refractivity contribution in [2.45, 2.75) is 23.6 Å². The Hall–Kier alpha value is -2.60. The van der Waals surface area contributed by atoms with Crippen molar-refractivity contribution >= 4 is 27.3 Å². The van der Waals surface area contributed by atoms with Gasteiger partial charge in [-0.15, -0.1) is 11.3 Å². The van der Waals surface area contributed by atoms with E-state index in [0.29, 0.717) is 31.2 Å². The Bertz CT molecular complexity index is 1120. The first kappa shape index (κ1) is 21.6. The van der Waals surface area contributed by atoms with E-state index in [9.17, 15) is 13.2 Å². The van der Waals surface area contributed by atoms with Gasteiger partial charge < -0.3 is 10.1 Å². The molecule has 164 valence electrons. The number of carbonyl (C=O) groups is 1. The largest absolute Gasteiger partial charge is 0.379 e. The molecule has 0 unspecified atom stereocenters. The van der Waals surface area contributed by atoms with Gasteiger partial charge in [0.15, 0.2) is 0 Å². The van der Waals surface area contributed by atoms with E-state index in [1.807, 2.05) is 31.2 Å². The summed E-state index contributed by atoms with van der Waals surface area (Å²) in [5, 5.41) is 7.06. The molecular weight excluding hydrogens is 438 g/mol. The van der Waals surface area contributed by atoms with Crippen LogP contribution in [-0.4, -0.2) is 59.7 Å². The minimum Gasteiger partial charge on any atom is -0.379 e. The number of morpholine rings is 1. The molecule has 1 aromatic carbocycles. The van der Waals surface area contributed by atoms with Crippen molar-refractivity contribution in [3.05, 3.63) is 59.5 Å². The van der Waals surface area contributed by atoms with Crippen LogP contribution in [0.2, 0.25) is 0 Å². The maximum atomic E-state index is 12.7. The lowest BCUT2D eigenvalue weighted by molar-refractivity contribution is -0.121. The molecule has 1 atom stereocenters. The van der Waals surface area contributed by atoms with Crippen molar-refractivity contribution in [3.63, 3.8) is 0 Å². The second-order valence-electron chi connectivity index (χ2n) is 7.13. The third-order valence-corrected chi connectivity index (χ3v) is 8.44. The lowest BCUT2D eigenvalue weighted by atomic mass is 10.1. The lowest BCUT2D eigenvalue weighted by Gasteiger charge is -2.25. The van der Waals surface area contributed by atoms with Crippen molar-refractivity contribution in [2.24, 2.45) is 0 Å². The van der Waals surface area contributed by atoms with Crippen LogP contribution in [-0.2, 0) is 26.0 Å². The van der Waals surface area contributed by atoms with E-state index >= 15 is 0 Å². The number of carbonyl (C=O) groups excluding carboxylic acids is 1. The molecule has 4 rings (SSSR count). The van der Waals surface area contributed by atoms with Crippen LogP contribution < -0.4 is 5.32 Å². The van der Waals surface area contributed by atoms with Crippen LogP contribution in [0.5, 0.6) is 0 Å². The summed E-state index contributed by atoms with van der Waals surface area (Å²) in [5.41, 5.74) is 1.84. The Morgan fingerprint density at radius 2 is 1.94 bits per heavy atom. The molecule has 1 aliphatic rings. The summed E-state index contributed by atoms with van der Waals surface area (Å²) in [7, 11) is -3.54. The molecule has 9 nitrogen and oxygen atoms in total. The SMILES string of the molecule is C[C@H](NC(=O)Cc1ccc(S(=O)(=O)N2CCOCC2)s1)c1ccc(-n2cncn2)cc1. The fourth-order valence-corrected chi connectivity index (χ4v) is 6.21. The number of rotatable bonds is 7. The van der Waals surface area contributed by atoms with Crippen molar-refractivity contribution in [1.29, 1.82) is 0 Å². The topological polar surface area (TPSA) is 106 Å². The maximum Gasteiger partial charge on any atom is 0.252 e. The average molecular weight is 462 g/mol. The van der Waals surface area contributed by atoms with Gasteiger partial charge in [0.2, 0.25) is 5.91 Å². The summed E-state index contributed by atoms with van der Waals surface area (Å²) in [6, 6.07) is 10.8. The number of nitrogens with zero attached hydrogens (tertiary/aromatic N) is 4. The number of aromatic nitrogens is 3. The number of sulfonamides is 1. The molecule has 1 fully saturated rings. The van der Waals surface area contributed by atoms with Crippen molar-refractivity contribution in [2.75, 3.05) is 26.3 Å². The molecule has 1 aliphatic heterocycles. The van der Waals surface area contributed by atoms with Gasteiger partial charge in [-0.1, -0.05) is 12.1 Å². The zero-order valence-electron chi connectivity index (χ0n) is 17.0. The first-order valence-corrected chi connectivity index (χ1v) is 12.1. The highest BCUT2D eigenvalue weighted by molar-refractivity contribution is 7.91. The van der Waals surface area contributed by atoms with Crippen LogP contribution in [0.3, 0.4) is 0 Å². The van der Waals surface area contributed by atoms with E-state index in [0.717, 1.165) is 22.6 Å². The van der Waals surface area contributed by atoms with Crippen LogP contribution >= 0.6 is 11.3 Å². The first-order valence-electron chi connectivity index (χ1n) is 9.84. The Morgan fingerprint density at radius 1 is 1.19 bits per heavy atom. The summed E-state index contributed by atoms with van der Waals surface area (Å²) in [4.78, 5) is 17.1. The predicted molar refractivity (Wildman–Crippen MR) is 116 cm³/mol.